The summed E-state index contributed by atoms with van der Waals surface area (Å²) in [6.07, 6.45) is 18.3. The van der Waals surface area contributed by atoms with Crippen LogP contribution in [-0.2, 0) is 19.4 Å². The summed E-state index contributed by atoms with van der Waals surface area (Å²) >= 11 is 0. The molecule has 2 unspecified atom stereocenters. The lowest BCUT2D eigenvalue weighted by molar-refractivity contribution is 0.302. The Hall–Kier alpha value is -3.26. The third-order valence-electron chi connectivity index (χ3n) is 9.52. The predicted molar refractivity (Wildman–Crippen MR) is 173 cm³/mol. The van der Waals surface area contributed by atoms with E-state index in [1.165, 1.54) is 96.9 Å². The van der Waals surface area contributed by atoms with Crippen LogP contribution in [0.15, 0.2) is 96.1 Å². The third-order valence-corrected chi connectivity index (χ3v) is 9.52. The van der Waals surface area contributed by atoms with Crippen LogP contribution in [0.2, 0.25) is 0 Å². The summed E-state index contributed by atoms with van der Waals surface area (Å²) in [5.41, 5.74) is 9.56. The minimum absolute atomic E-state index is 0.272. The van der Waals surface area contributed by atoms with Gasteiger partial charge in [-0.05, 0) is 97.4 Å². The zero-order chi connectivity index (χ0) is 28.0. The molecule has 3 aromatic carbocycles. The molecule has 6 rings (SSSR count). The monoisotopic (exact) mass is 545 g/mol. The highest BCUT2D eigenvalue weighted by atomic mass is 16.5. The van der Waals surface area contributed by atoms with Crippen LogP contribution >= 0.6 is 0 Å². The van der Waals surface area contributed by atoms with Crippen molar-refractivity contribution in [2.24, 2.45) is 11.8 Å². The van der Waals surface area contributed by atoms with E-state index in [1.54, 1.807) is 0 Å². The summed E-state index contributed by atoms with van der Waals surface area (Å²) in [5.74, 6) is 3.05. The quantitative estimate of drug-likeness (QED) is 0.242. The van der Waals surface area contributed by atoms with Crippen molar-refractivity contribution in [2.45, 2.75) is 96.6 Å². The fraction of sp³-hybridized carbons (Fsp3) is 0.436. The van der Waals surface area contributed by atoms with Crippen LogP contribution in [0, 0.1) is 11.8 Å². The van der Waals surface area contributed by atoms with Crippen LogP contribution in [0.25, 0.3) is 0 Å². The van der Waals surface area contributed by atoms with E-state index in [-0.39, 0.29) is 6.04 Å². The molecule has 3 aliphatic rings. The summed E-state index contributed by atoms with van der Waals surface area (Å²) in [6, 6.07) is 26.9. The second kappa shape index (κ2) is 13.1. The number of hydrogen-bond donors (Lipinski definition) is 1. The SMILES string of the molecule is CC1=CC(C(C)Nc2ccc(CC3CCCCCC3)cc2)=CC1Cc1cc(C2CC2)ccc1OCc1ccccc1. The average molecular weight is 546 g/mol. The Morgan fingerprint density at radius 1 is 0.805 bits per heavy atom. The van der Waals surface area contributed by atoms with Crippen molar-refractivity contribution in [2.75, 3.05) is 5.32 Å². The van der Waals surface area contributed by atoms with Crippen molar-refractivity contribution in [3.05, 3.63) is 118 Å². The van der Waals surface area contributed by atoms with Crippen LogP contribution in [0.4, 0.5) is 5.69 Å². The van der Waals surface area contributed by atoms with Crippen molar-refractivity contribution in [3.63, 3.8) is 0 Å². The first kappa shape index (κ1) is 27.9. The van der Waals surface area contributed by atoms with Gasteiger partial charge < -0.3 is 10.1 Å². The van der Waals surface area contributed by atoms with Crippen LogP contribution in [0.5, 0.6) is 5.75 Å². The molecule has 0 saturated heterocycles. The standard InChI is InChI=1S/C39H47NO/c1-28-22-36(29(2)40-38-19-14-31(15-20-38)23-30-10-6-3-4-7-11-30)25-35(28)26-37-24-34(33-16-17-33)18-21-39(37)41-27-32-12-8-5-9-13-32/h5,8-9,12-15,18-22,24-25,29-30,33,35,40H,3-4,6-7,10-11,16-17,23,26-27H2,1-2H3. The van der Waals surface area contributed by atoms with Crippen molar-refractivity contribution in [3.8, 4) is 5.75 Å². The lowest BCUT2D eigenvalue weighted by atomic mass is 9.92. The first-order valence-corrected chi connectivity index (χ1v) is 16.2. The van der Waals surface area contributed by atoms with Gasteiger partial charge in [0.1, 0.15) is 12.4 Å². The fourth-order valence-corrected chi connectivity index (χ4v) is 6.79. The van der Waals surface area contributed by atoms with Crippen molar-refractivity contribution in [1.82, 2.24) is 0 Å². The molecule has 2 nitrogen and oxygen atoms in total. The van der Waals surface area contributed by atoms with Crippen LogP contribution < -0.4 is 10.1 Å². The van der Waals surface area contributed by atoms with Crippen LogP contribution in [-0.4, -0.2) is 6.04 Å². The third kappa shape index (κ3) is 7.53. The first-order chi connectivity index (χ1) is 20.1. The molecule has 3 aromatic rings. The zero-order valence-electron chi connectivity index (χ0n) is 25.1. The van der Waals surface area contributed by atoms with Crippen molar-refractivity contribution >= 4 is 5.69 Å². The second-order valence-corrected chi connectivity index (χ2v) is 12.9. The molecule has 2 saturated carbocycles. The molecule has 214 valence electrons. The maximum Gasteiger partial charge on any atom is 0.123 e. The van der Waals surface area contributed by atoms with E-state index in [9.17, 15) is 0 Å². The Kier molecular flexibility index (Phi) is 8.94. The Balaban J connectivity index is 1.09. The molecule has 0 aromatic heterocycles. The molecule has 2 atom stereocenters. The van der Waals surface area contributed by atoms with Gasteiger partial charge in [-0.3, -0.25) is 0 Å². The minimum atomic E-state index is 0.272. The highest BCUT2D eigenvalue weighted by Crippen LogP contribution is 2.42. The smallest absolute Gasteiger partial charge is 0.123 e. The van der Waals surface area contributed by atoms with Gasteiger partial charge in [-0.2, -0.15) is 0 Å². The van der Waals surface area contributed by atoms with Gasteiger partial charge in [-0.1, -0.05) is 111 Å². The van der Waals surface area contributed by atoms with Gasteiger partial charge in [0.05, 0.1) is 0 Å². The Labute approximate surface area is 247 Å². The van der Waals surface area contributed by atoms with Crippen LogP contribution in [0.3, 0.4) is 0 Å². The molecular formula is C39H47NO. The molecule has 0 amide bonds. The molecule has 0 heterocycles. The lowest BCUT2D eigenvalue weighted by Crippen LogP contribution is -2.16. The minimum Gasteiger partial charge on any atom is -0.489 e. The summed E-state index contributed by atoms with van der Waals surface area (Å²) < 4.78 is 6.39. The number of allylic oxidation sites excluding steroid dienone is 2. The molecule has 0 spiro atoms. The predicted octanol–water partition coefficient (Wildman–Crippen LogP) is 10.2. The van der Waals surface area contributed by atoms with E-state index in [4.69, 9.17) is 4.74 Å². The zero-order valence-corrected chi connectivity index (χ0v) is 25.1. The Bertz CT molecular complexity index is 1340. The second-order valence-electron chi connectivity index (χ2n) is 12.9. The largest absolute Gasteiger partial charge is 0.489 e. The van der Waals surface area contributed by atoms with Gasteiger partial charge in [-0.15, -0.1) is 0 Å². The number of nitrogens with one attached hydrogen (secondary N) is 1. The van der Waals surface area contributed by atoms with Gasteiger partial charge in [0.25, 0.3) is 0 Å². The number of hydrogen-bond acceptors (Lipinski definition) is 2. The van der Waals surface area contributed by atoms with Gasteiger partial charge in [0.2, 0.25) is 0 Å². The highest BCUT2D eigenvalue weighted by molar-refractivity contribution is 5.51. The average Bonchev–Trinajstić information content (AvgIpc) is 3.81. The van der Waals surface area contributed by atoms with Gasteiger partial charge in [-0.25, -0.2) is 0 Å². The fourth-order valence-electron chi connectivity index (χ4n) is 6.79. The maximum atomic E-state index is 6.39. The van der Waals surface area contributed by atoms with E-state index in [0.29, 0.717) is 12.5 Å². The maximum absolute atomic E-state index is 6.39. The number of benzene rings is 3. The number of ether oxygens (including phenoxy) is 1. The summed E-state index contributed by atoms with van der Waals surface area (Å²) in [4.78, 5) is 0. The Morgan fingerprint density at radius 2 is 1.56 bits per heavy atom. The van der Waals surface area contributed by atoms with Gasteiger partial charge in [0, 0.05) is 17.6 Å². The van der Waals surface area contributed by atoms with Crippen molar-refractivity contribution in [1.29, 1.82) is 0 Å². The molecule has 0 aliphatic heterocycles. The Morgan fingerprint density at radius 3 is 2.29 bits per heavy atom. The van der Waals surface area contributed by atoms with Crippen molar-refractivity contribution < 1.29 is 4.74 Å². The number of rotatable bonds is 11. The van der Waals surface area contributed by atoms with Gasteiger partial charge in [0.15, 0.2) is 0 Å². The van der Waals surface area contributed by atoms with E-state index < -0.39 is 0 Å². The number of anilines is 1. The van der Waals surface area contributed by atoms with Gasteiger partial charge >= 0.3 is 0 Å². The molecule has 0 radical (unpaired) electrons. The van der Waals surface area contributed by atoms with E-state index in [0.717, 1.165) is 24.0 Å². The first-order valence-electron chi connectivity index (χ1n) is 16.2. The summed E-state index contributed by atoms with van der Waals surface area (Å²) in [5, 5.41) is 3.77. The lowest BCUT2D eigenvalue weighted by Gasteiger charge is -2.18. The molecular weight excluding hydrogens is 498 g/mol. The van der Waals surface area contributed by atoms with Crippen LogP contribution in [0.1, 0.15) is 93.4 Å². The molecule has 2 heteroatoms. The summed E-state index contributed by atoms with van der Waals surface area (Å²) in [7, 11) is 0. The highest BCUT2D eigenvalue weighted by Gasteiger charge is 2.26. The van der Waals surface area contributed by atoms with E-state index >= 15 is 0 Å². The normalized spacial score (nSPS) is 20.2. The molecule has 1 N–H and O–H groups in total. The topological polar surface area (TPSA) is 21.3 Å². The van der Waals surface area contributed by atoms with E-state index in [2.05, 4.69) is 104 Å². The molecule has 2 fully saturated rings. The molecule has 0 bridgehead atoms. The summed E-state index contributed by atoms with van der Waals surface area (Å²) in [6.45, 7) is 5.19. The molecule has 41 heavy (non-hydrogen) atoms. The molecule has 3 aliphatic carbocycles. The van der Waals surface area contributed by atoms with E-state index in [1.807, 2.05) is 0 Å².